The maximum absolute atomic E-state index is 5.71. The molecule has 0 radical (unpaired) electrons. The van der Waals surface area contributed by atoms with Crippen molar-refractivity contribution in [1.29, 1.82) is 0 Å². The first-order chi connectivity index (χ1) is 7.25. The molecule has 2 heteroatoms. The average molecular weight is 204 g/mol. The van der Waals surface area contributed by atoms with Gasteiger partial charge in [-0.05, 0) is 55.9 Å². The highest BCUT2D eigenvalue weighted by molar-refractivity contribution is 5.50. The fourth-order valence-corrected chi connectivity index (χ4v) is 2.13. The minimum absolute atomic E-state index is 0.284. The first kappa shape index (κ1) is 10.5. The van der Waals surface area contributed by atoms with Crippen LogP contribution >= 0.6 is 0 Å². The van der Waals surface area contributed by atoms with Crippen LogP contribution in [0.25, 0.3) is 0 Å². The molecule has 82 valence electrons. The first-order valence-corrected chi connectivity index (χ1v) is 5.87. The lowest BCUT2D eigenvalue weighted by Gasteiger charge is -2.09. The Balaban J connectivity index is 1.92. The number of hydrogen-bond donors (Lipinski definition) is 2. The molecule has 0 aliphatic heterocycles. The molecule has 1 unspecified atom stereocenters. The lowest BCUT2D eigenvalue weighted by Crippen LogP contribution is -2.19. The summed E-state index contributed by atoms with van der Waals surface area (Å²) in [5.41, 5.74) is 10.0. The second-order valence-corrected chi connectivity index (χ2v) is 4.53. The minimum Gasteiger partial charge on any atom is -0.385 e. The van der Waals surface area contributed by atoms with Crippen LogP contribution in [0, 0.1) is 0 Å². The van der Waals surface area contributed by atoms with Crippen LogP contribution in [0.4, 0.5) is 5.69 Å². The number of hydrogen-bond acceptors (Lipinski definition) is 2. The van der Waals surface area contributed by atoms with Gasteiger partial charge in [-0.15, -0.1) is 0 Å². The Morgan fingerprint density at radius 3 is 2.93 bits per heavy atom. The Kier molecular flexibility index (Phi) is 3.27. The van der Waals surface area contributed by atoms with E-state index in [2.05, 4.69) is 23.5 Å². The van der Waals surface area contributed by atoms with Gasteiger partial charge in [-0.1, -0.05) is 6.07 Å². The summed E-state index contributed by atoms with van der Waals surface area (Å²) in [5.74, 6) is 0. The summed E-state index contributed by atoms with van der Waals surface area (Å²) in [6, 6.07) is 7.03. The number of aryl methyl sites for hydroxylation is 2. The molecule has 0 amide bonds. The number of nitrogens with two attached hydrogens (primary N) is 1. The second-order valence-electron chi connectivity index (χ2n) is 4.53. The van der Waals surface area contributed by atoms with Gasteiger partial charge in [0, 0.05) is 18.3 Å². The summed E-state index contributed by atoms with van der Waals surface area (Å²) in [6.07, 6.45) is 4.85. The summed E-state index contributed by atoms with van der Waals surface area (Å²) >= 11 is 0. The van der Waals surface area contributed by atoms with Crippen LogP contribution in [-0.2, 0) is 12.8 Å². The molecular formula is C13H20N2. The van der Waals surface area contributed by atoms with Gasteiger partial charge in [-0.25, -0.2) is 0 Å². The third kappa shape index (κ3) is 2.72. The molecule has 1 aliphatic carbocycles. The maximum atomic E-state index is 5.71. The molecule has 1 aromatic carbocycles. The smallest absolute Gasteiger partial charge is 0.0343 e. The normalized spacial score (nSPS) is 16.1. The molecule has 0 saturated heterocycles. The molecule has 0 heterocycles. The van der Waals surface area contributed by atoms with E-state index in [4.69, 9.17) is 5.73 Å². The number of rotatable bonds is 4. The summed E-state index contributed by atoms with van der Waals surface area (Å²) in [6.45, 7) is 3.01. The summed E-state index contributed by atoms with van der Waals surface area (Å²) in [7, 11) is 0. The Morgan fingerprint density at radius 2 is 2.13 bits per heavy atom. The summed E-state index contributed by atoms with van der Waals surface area (Å²) in [4.78, 5) is 0. The van der Waals surface area contributed by atoms with Gasteiger partial charge in [-0.2, -0.15) is 0 Å². The van der Waals surface area contributed by atoms with E-state index in [1.165, 1.54) is 36.1 Å². The fourth-order valence-electron chi connectivity index (χ4n) is 2.13. The Morgan fingerprint density at radius 1 is 1.33 bits per heavy atom. The van der Waals surface area contributed by atoms with Gasteiger partial charge in [0.2, 0.25) is 0 Å². The van der Waals surface area contributed by atoms with Gasteiger partial charge < -0.3 is 11.1 Å². The molecule has 1 aliphatic rings. The van der Waals surface area contributed by atoms with Crippen molar-refractivity contribution in [2.75, 3.05) is 11.9 Å². The highest BCUT2D eigenvalue weighted by Crippen LogP contribution is 2.24. The lowest BCUT2D eigenvalue weighted by atomic mass is 10.1. The van der Waals surface area contributed by atoms with Gasteiger partial charge >= 0.3 is 0 Å². The Bertz CT molecular complexity index is 331. The fraction of sp³-hybridized carbons (Fsp3) is 0.538. The Labute approximate surface area is 91.9 Å². The topological polar surface area (TPSA) is 38.0 Å². The van der Waals surface area contributed by atoms with E-state index in [1.807, 2.05) is 6.92 Å². The molecule has 2 nitrogen and oxygen atoms in total. The van der Waals surface area contributed by atoms with Crippen molar-refractivity contribution in [3.63, 3.8) is 0 Å². The second kappa shape index (κ2) is 4.67. The van der Waals surface area contributed by atoms with Crippen molar-refractivity contribution in [2.45, 2.75) is 38.6 Å². The molecule has 0 spiro atoms. The zero-order valence-corrected chi connectivity index (χ0v) is 9.42. The molecule has 15 heavy (non-hydrogen) atoms. The van der Waals surface area contributed by atoms with Crippen LogP contribution in [0.15, 0.2) is 18.2 Å². The number of benzene rings is 1. The molecule has 0 fully saturated rings. The minimum atomic E-state index is 0.284. The number of anilines is 1. The van der Waals surface area contributed by atoms with Gasteiger partial charge in [0.05, 0.1) is 0 Å². The van der Waals surface area contributed by atoms with Crippen molar-refractivity contribution in [1.82, 2.24) is 0 Å². The van der Waals surface area contributed by atoms with Gasteiger partial charge in [-0.3, -0.25) is 0 Å². The van der Waals surface area contributed by atoms with E-state index in [-0.39, 0.29) is 6.04 Å². The molecular weight excluding hydrogens is 184 g/mol. The SMILES string of the molecule is CC(N)CCNc1ccc2c(c1)CCC2. The zero-order valence-electron chi connectivity index (χ0n) is 9.42. The molecule has 0 saturated carbocycles. The lowest BCUT2D eigenvalue weighted by molar-refractivity contribution is 0.690. The van der Waals surface area contributed by atoms with E-state index in [0.717, 1.165) is 13.0 Å². The predicted octanol–water partition coefficient (Wildman–Crippen LogP) is 2.32. The van der Waals surface area contributed by atoms with Crippen LogP contribution in [0.1, 0.15) is 30.9 Å². The van der Waals surface area contributed by atoms with Crippen molar-refractivity contribution in [3.8, 4) is 0 Å². The van der Waals surface area contributed by atoms with Crippen molar-refractivity contribution < 1.29 is 0 Å². The van der Waals surface area contributed by atoms with Crippen LogP contribution in [-0.4, -0.2) is 12.6 Å². The van der Waals surface area contributed by atoms with Crippen LogP contribution in [0.5, 0.6) is 0 Å². The van der Waals surface area contributed by atoms with E-state index >= 15 is 0 Å². The molecule has 0 aromatic heterocycles. The van der Waals surface area contributed by atoms with E-state index in [0.29, 0.717) is 0 Å². The quantitative estimate of drug-likeness (QED) is 0.790. The van der Waals surface area contributed by atoms with E-state index in [9.17, 15) is 0 Å². The monoisotopic (exact) mass is 204 g/mol. The van der Waals surface area contributed by atoms with Crippen LogP contribution in [0.2, 0.25) is 0 Å². The number of fused-ring (bicyclic) bond motifs is 1. The molecule has 2 rings (SSSR count). The van der Waals surface area contributed by atoms with E-state index < -0.39 is 0 Å². The van der Waals surface area contributed by atoms with Crippen molar-refractivity contribution >= 4 is 5.69 Å². The van der Waals surface area contributed by atoms with Gasteiger partial charge in [0.1, 0.15) is 0 Å². The zero-order chi connectivity index (χ0) is 10.7. The van der Waals surface area contributed by atoms with Crippen molar-refractivity contribution in [3.05, 3.63) is 29.3 Å². The highest BCUT2D eigenvalue weighted by Gasteiger charge is 2.10. The van der Waals surface area contributed by atoms with Crippen LogP contribution in [0.3, 0.4) is 0 Å². The Hall–Kier alpha value is -1.02. The number of nitrogens with one attached hydrogen (secondary N) is 1. The van der Waals surface area contributed by atoms with E-state index in [1.54, 1.807) is 0 Å². The average Bonchev–Trinajstić information content (AvgIpc) is 2.64. The van der Waals surface area contributed by atoms with Gasteiger partial charge in [0.15, 0.2) is 0 Å². The third-order valence-corrected chi connectivity index (χ3v) is 3.03. The van der Waals surface area contributed by atoms with Crippen LogP contribution < -0.4 is 11.1 Å². The largest absolute Gasteiger partial charge is 0.385 e. The predicted molar refractivity (Wildman–Crippen MR) is 65.2 cm³/mol. The summed E-state index contributed by atoms with van der Waals surface area (Å²) in [5, 5.41) is 3.43. The third-order valence-electron chi connectivity index (χ3n) is 3.03. The molecule has 0 bridgehead atoms. The standard InChI is InChI=1S/C13H20N2/c1-10(14)7-8-15-13-6-5-11-3-2-4-12(11)9-13/h5-6,9-10,15H,2-4,7-8,14H2,1H3. The maximum Gasteiger partial charge on any atom is 0.0343 e. The molecule has 1 aromatic rings. The van der Waals surface area contributed by atoms with Crippen molar-refractivity contribution in [2.24, 2.45) is 5.73 Å². The molecule has 3 N–H and O–H groups in total. The van der Waals surface area contributed by atoms with Gasteiger partial charge in [0.25, 0.3) is 0 Å². The summed E-state index contributed by atoms with van der Waals surface area (Å²) < 4.78 is 0. The molecule has 1 atom stereocenters. The first-order valence-electron chi connectivity index (χ1n) is 5.87. The highest BCUT2D eigenvalue weighted by atomic mass is 14.9.